The normalized spacial score (nSPS) is 13.8. The second-order valence-corrected chi connectivity index (χ2v) is 3.97. The number of hydrogen-bond acceptors (Lipinski definition) is 4. The van der Waals surface area contributed by atoms with Crippen molar-refractivity contribution in [3.63, 3.8) is 0 Å². The first kappa shape index (κ1) is 14.5. The molecule has 0 aliphatic carbocycles. The van der Waals surface area contributed by atoms with E-state index in [2.05, 4.69) is 5.32 Å². The summed E-state index contributed by atoms with van der Waals surface area (Å²) in [7, 11) is 3.07. The zero-order chi connectivity index (χ0) is 13.5. The van der Waals surface area contributed by atoms with E-state index in [-0.39, 0.29) is 18.5 Å². The van der Waals surface area contributed by atoms with Crippen LogP contribution in [0.25, 0.3) is 0 Å². The van der Waals surface area contributed by atoms with Gasteiger partial charge in [0.15, 0.2) is 0 Å². The zero-order valence-electron chi connectivity index (χ0n) is 11.0. The van der Waals surface area contributed by atoms with Crippen LogP contribution >= 0.6 is 0 Å². The lowest BCUT2D eigenvalue weighted by Gasteiger charge is -2.18. The summed E-state index contributed by atoms with van der Waals surface area (Å²) in [5.74, 6) is 0.547. The Morgan fingerprint density at radius 1 is 1.44 bits per heavy atom. The number of benzene rings is 1. The molecule has 0 fully saturated rings. The van der Waals surface area contributed by atoms with Gasteiger partial charge in [-0.3, -0.25) is 4.79 Å². The molecule has 0 saturated carbocycles. The van der Waals surface area contributed by atoms with E-state index >= 15 is 0 Å². The molecule has 0 saturated heterocycles. The summed E-state index contributed by atoms with van der Waals surface area (Å²) in [6.45, 7) is 2.06. The van der Waals surface area contributed by atoms with E-state index in [4.69, 9.17) is 15.2 Å². The van der Waals surface area contributed by atoms with Crippen molar-refractivity contribution in [2.75, 3.05) is 20.8 Å². The van der Waals surface area contributed by atoms with Gasteiger partial charge in [-0.15, -0.1) is 0 Å². The van der Waals surface area contributed by atoms with Crippen LogP contribution in [0.5, 0.6) is 5.75 Å². The van der Waals surface area contributed by atoms with Gasteiger partial charge >= 0.3 is 0 Å². The molecule has 2 unspecified atom stereocenters. The van der Waals surface area contributed by atoms with Crippen LogP contribution in [0.1, 0.15) is 18.5 Å². The Hall–Kier alpha value is -1.59. The minimum absolute atomic E-state index is 0.128. The predicted molar refractivity (Wildman–Crippen MR) is 69.4 cm³/mol. The Morgan fingerprint density at radius 2 is 2.17 bits per heavy atom. The Labute approximate surface area is 107 Å². The fourth-order valence-electron chi connectivity index (χ4n) is 1.61. The van der Waals surface area contributed by atoms with E-state index in [9.17, 15) is 4.79 Å². The van der Waals surface area contributed by atoms with Gasteiger partial charge in [0.25, 0.3) is 5.91 Å². The monoisotopic (exact) mass is 252 g/mol. The average molecular weight is 252 g/mol. The SMILES string of the molecule is COc1cccc(C(C)NC(=O)C(CN)OC)c1. The van der Waals surface area contributed by atoms with Crippen LogP contribution in [0, 0.1) is 0 Å². The lowest BCUT2D eigenvalue weighted by molar-refractivity contribution is -0.131. The fourth-order valence-corrected chi connectivity index (χ4v) is 1.61. The molecule has 1 amide bonds. The number of carbonyl (C=O) groups excluding carboxylic acids is 1. The number of hydrogen-bond donors (Lipinski definition) is 2. The van der Waals surface area contributed by atoms with E-state index in [0.29, 0.717) is 0 Å². The second kappa shape index (κ2) is 6.98. The largest absolute Gasteiger partial charge is 0.497 e. The van der Waals surface area contributed by atoms with Gasteiger partial charge in [-0.1, -0.05) is 12.1 Å². The molecule has 0 heterocycles. The minimum atomic E-state index is -0.613. The van der Waals surface area contributed by atoms with Crippen molar-refractivity contribution in [2.24, 2.45) is 5.73 Å². The number of methoxy groups -OCH3 is 2. The molecule has 1 aromatic carbocycles. The topological polar surface area (TPSA) is 73.6 Å². The number of carbonyl (C=O) groups is 1. The van der Waals surface area contributed by atoms with Crippen LogP contribution in [-0.4, -0.2) is 32.8 Å². The minimum Gasteiger partial charge on any atom is -0.497 e. The summed E-state index contributed by atoms with van der Waals surface area (Å²) in [5, 5.41) is 2.85. The molecule has 0 bridgehead atoms. The van der Waals surface area contributed by atoms with E-state index in [0.717, 1.165) is 11.3 Å². The van der Waals surface area contributed by atoms with Crippen molar-refractivity contribution in [1.29, 1.82) is 0 Å². The van der Waals surface area contributed by atoms with Crippen LogP contribution in [0.4, 0.5) is 0 Å². The predicted octanol–water partition coefficient (Wildman–Crippen LogP) is 0.846. The Kier molecular flexibility index (Phi) is 5.61. The summed E-state index contributed by atoms with van der Waals surface area (Å²) in [6.07, 6.45) is -0.613. The molecule has 18 heavy (non-hydrogen) atoms. The summed E-state index contributed by atoms with van der Waals surface area (Å²) in [4.78, 5) is 11.8. The van der Waals surface area contributed by atoms with Gasteiger partial charge in [0, 0.05) is 13.7 Å². The lowest BCUT2D eigenvalue weighted by Crippen LogP contribution is -2.41. The first-order chi connectivity index (χ1) is 8.62. The molecule has 2 atom stereocenters. The first-order valence-electron chi connectivity index (χ1n) is 5.79. The highest BCUT2D eigenvalue weighted by atomic mass is 16.5. The zero-order valence-corrected chi connectivity index (χ0v) is 11.0. The number of nitrogens with two attached hydrogens (primary N) is 1. The van der Waals surface area contributed by atoms with E-state index in [1.807, 2.05) is 31.2 Å². The van der Waals surface area contributed by atoms with Gasteiger partial charge in [0.1, 0.15) is 11.9 Å². The Morgan fingerprint density at radius 3 is 2.72 bits per heavy atom. The van der Waals surface area contributed by atoms with E-state index in [1.165, 1.54) is 7.11 Å². The van der Waals surface area contributed by atoms with Crippen molar-refractivity contribution < 1.29 is 14.3 Å². The summed E-state index contributed by atoms with van der Waals surface area (Å²) in [5.41, 5.74) is 6.41. The van der Waals surface area contributed by atoms with Crippen LogP contribution in [0.15, 0.2) is 24.3 Å². The molecule has 3 N–H and O–H groups in total. The molecule has 5 nitrogen and oxygen atoms in total. The van der Waals surface area contributed by atoms with Crippen molar-refractivity contribution in [1.82, 2.24) is 5.32 Å². The van der Waals surface area contributed by atoms with Crippen molar-refractivity contribution in [3.05, 3.63) is 29.8 Å². The second-order valence-electron chi connectivity index (χ2n) is 3.97. The first-order valence-corrected chi connectivity index (χ1v) is 5.79. The van der Waals surface area contributed by atoms with Crippen LogP contribution in [-0.2, 0) is 9.53 Å². The molecule has 0 radical (unpaired) electrons. The average Bonchev–Trinajstić information content (AvgIpc) is 2.40. The van der Waals surface area contributed by atoms with E-state index in [1.54, 1.807) is 7.11 Å². The molecular formula is C13H20N2O3. The van der Waals surface area contributed by atoms with Gasteiger partial charge in [-0.05, 0) is 24.6 Å². The maximum Gasteiger partial charge on any atom is 0.250 e. The van der Waals surface area contributed by atoms with Crippen LogP contribution < -0.4 is 15.8 Å². The number of ether oxygens (including phenoxy) is 2. The molecule has 5 heteroatoms. The Bertz CT molecular complexity index is 392. The van der Waals surface area contributed by atoms with Gasteiger partial charge in [0.2, 0.25) is 0 Å². The van der Waals surface area contributed by atoms with Gasteiger partial charge in [-0.2, -0.15) is 0 Å². The maximum absolute atomic E-state index is 11.8. The molecular weight excluding hydrogens is 232 g/mol. The molecule has 100 valence electrons. The van der Waals surface area contributed by atoms with Crippen molar-refractivity contribution in [3.8, 4) is 5.75 Å². The number of nitrogens with one attached hydrogen (secondary N) is 1. The highest BCUT2D eigenvalue weighted by Gasteiger charge is 2.18. The third kappa shape index (κ3) is 3.72. The van der Waals surface area contributed by atoms with Crippen LogP contribution in [0.2, 0.25) is 0 Å². The quantitative estimate of drug-likeness (QED) is 0.787. The maximum atomic E-state index is 11.8. The summed E-state index contributed by atoms with van der Waals surface area (Å²) in [6, 6.07) is 7.42. The third-order valence-corrected chi connectivity index (χ3v) is 2.74. The fraction of sp³-hybridized carbons (Fsp3) is 0.462. The standard InChI is InChI=1S/C13H20N2O3/c1-9(15-13(16)12(8-14)18-3)10-5-4-6-11(7-10)17-2/h4-7,9,12H,8,14H2,1-3H3,(H,15,16). The molecule has 1 rings (SSSR count). The van der Waals surface area contributed by atoms with Gasteiger partial charge < -0.3 is 20.5 Å². The van der Waals surface area contributed by atoms with Crippen LogP contribution in [0.3, 0.4) is 0 Å². The smallest absolute Gasteiger partial charge is 0.250 e. The molecule has 0 spiro atoms. The van der Waals surface area contributed by atoms with E-state index < -0.39 is 6.10 Å². The molecule has 0 aromatic heterocycles. The molecule has 1 aromatic rings. The Balaban J connectivity index is 2.69. The third-order valence-electron chi connectivity index (χ3n) is 2.74. The summed E-state index contributed by atoms with van der Waals surface area (Å²) >= 11 is 0. The molecule has 0 aliphatic rings. The van der Waals surface area contributed by atoms with Crippen molar-refractivity contribution >= 4 is 5.91 Å². The van der Waals surface area contributed by atoms with Gasteiger partial charge in [0.05, 0.1) is 13.2 Å². The lowest BCUT2D eigenvalue weighted by atomic mass is 10.1. The molecule has 0 aliphatic heterocycles. The highest BCUT2D eigenvalue weighted by molar-refractivity contribution is 5.81. The van der Waals surface area contributed by atoms with Gasteiger partial charge in [-0.25, -0.2) is 0 Å². The van der Waals surface area contributed by atoms with Crippen molar-refractivity contribution in [2.45, 2.75) is 19.1 Å². The summed E-state index contributed by atoms with van der Waals surface area (Å²) < 4.78 is 10.1. The highest BCUT2D eigenvalue weighted by Crippen LogP contribution is 2.18. The number of amides is 1. The number of rotatable bonds is 6.